The molecule has 0 saturated carbocycles. The van der Waals surface area contributed by atoms with Crippen LogP contribution in [0.15, 0.2) is 12.3 Å². The van der Waals surface area contributed by atoms with Crippen LogP contribution in [0.2, 0.25) is 0 Å². The van der Waals surface area contributed by atoms with Crippen molar-refractivity contribution in [3.8, 4) is 0 Å². The zero-order valence-electron chi connectivity index (χ0n) is 11.7. The van der Waals surface area contributed by atoms with Gasteiger partial charge in [-0.1, -0.05) is 0 Å². The molecule has 1 heterocycles. The van der Waals surface area contributed by atoms with Crippen molar-refractivity contribution in [1.29, 1.82) is 0 Å². The Morgan fingerprint density at radius 3 is 2.79 bits per heavy atom. The Balaban J connectivity index is 2.96. The molecule has 106 valence electrons. The Labute approximate surface area is 113 Å². The Kier molecular flexibility index (Phi) is 6.08. The van der Waals surface area contributed by atoms with E-state index in [-0.39, 0.29) is 0 Å². The number of pyridine rings is 1. The first-order valence-corrected chi connectivity index (χ1v) is 6.30. The fourth-order valence-electron chi connectivity index (χ4n) is 1.65. The standard InChI is InChI=1S/C13H21N3O3/c1-4-16(6-7-18-3)12-8-10(11(14)9-15-12)13(17)19-5-2/h8-9H,4-7,14H2,1-3H3. The van der Waals surface area contributed by atoms with Crippen LogP contribution in [-0.2, 0) is 9.47 Å². The van der Waals surface area contributed by atoms with Gasteiger partial charge in [0.2, 0.25) is 0 Å². The molecule has 0 aliphatic rings. The minimum absolute atomic E-state index is 0.317. The highest BCUT2D eigenvalue weighted by molar-refractivity contribution is 5.95. The number of anilines is 2. The molecular weight excluding hydrogens is 246 g/mol. The van der Waals surface area contributed by atoms with Gasteiger partial charge in [0.25, 0.3) is 0 Å². The lowest BCUT2D eigenvalue weighted by Crippen LogP contribution is -2.28. The molecule has 2 N–H and O–H groups in total. The van der Waals surface area contributed by atoms with Crippen molar-refractivity contribution >= 4 is 17.5 Å². The summed E-state index contributed by atoms with van der Waals surface area (Å²) in [4.78, 5) is 18.0. The third-order valence-electron chi connectivity index (χ3n) is 2.69. The first-order chi connectivity index (χ1) is 9.13. The van der Waals surface area contributed by atoms with E-state index in [9.17, 15) is 4.79 Å². The molecule has 0 bridgehead atoms. The summed E-state index contributed by atoms with van der Waals surface area (Å²) in [7, 11) is 1.65. The van der Waals surface area contributed by atoms with Crippen LogP contribution in [0.5, 0.6) is 0 Å². The predicted molar refractivity (Wildman–Crippen MR) is 74.4 cm³/mol. The van der Waals surface area contributed by atoms with Crippen LogP contribution in [0.25, 0.3) is 0 Å². The van der Waals surface area contributed by atoms with Crippen molar-refractivity contribution in [2.24, 2.45) is 0 Å². The topological polar surface area (TPSA) is 77.7 Å². The fourth-order valence-corrected chi connectivity index (χ4v) is 1.65. The maximum Gasteiger partial charge on any atom is 0.340 e. The highest BCUT2D eigenvalue weighted by atomic mass is 16.5. The second-order valence-corrected chi connectivity index (χ2v) is 3.92. The van der Waals surface area contributed by atoms with Crippen LogP contribution >= 0.6 is 0 Å². The number of hydrogen-bond acceptors (Lipinski definition) is 6. The molecule has 1 aromatic heterocycles. The van der Waals surface area contributed by atoms with E-state index in [2.05, 4.69) is 4.98 Å². The molecule has 1 aromatic rings. The van der Waals surface area contributed by atoms with Gasteiger partial charge in [0.1, 0.15) is 5.82 Å². The average Bonchev–Trinajstić information content (AvgIpc) is 2.41. The zero-order valence-corrected chi connectivity index (χ0v) is 11.7. The van der Waals surface area contributed by atoms with E-state index in [4.69, 9.17) is 15.2 Å². The highest BCUT2D eigenvalue weighted by Crippen LogP contribution is 2.19. The molecule has 1 rings (SSSR count). The number of nitrogens with two attached hydrogens (primary N) is 1. The van der Waals surface area contributed by atoms with Gasteiger partial charge in [-0.25, -0.2) is 9.78 Å². The Hall–Kier alpha value is -1.82. The second-order valence-electron chi connectivity index (χ2n) is 3.92. The third kappa shape index (κ3) is 4.10. The maximum absolute atomic E-state index is 11.8. The van der Waals surface area contributed by atoms with Gasteiger partial charge in [0.15, 0.2) is 0 Å². The molecule has 0 radical (unpaired) electrons. The lowest BCUT2D eigenvalue weighted by atomic mass is 10.2. The van der Waals surface area contributed by atoms with E-state index in [1.54, 1.807) is 20.1 Å². The largest absolute Gasteiger partial charge is 0.462 e. The van der Waals surface area contributed by atoms with Crippen molar-refractivity contribution in [2.75, 3.05) is 44.0 Å². The highest BCUT2D eigenvalue weighted by Gasteiger charge is 2.15. The zero-order chi connectivity index (χ0) is 14.3. The lowest BCUT2D eigenvalue weighted by Gasteiger charge is -2.22. The summed E-state index contributed by atoms with van der Waals surface area (Å²) in [5, 5.41) is 0. The Morgan fingerprint density at radius 1 is 1.47 bits per heavy atom. The summed E-state index contributed by atoms with van der Waals surface area (Å²) in [5.41, 5.74) is 6.43. The summed E-state index contributed by atoms with van der Waals surface area (Å²) in [5.74, 6) is 0.267. The number of esters is 1. The number of ether oxygens (including phenoxy) is 2. The number of carbonyl (C=O) groups is 1. The average molecular weight is 267 g/mol. The van der Waals surface area contributed by atoms with Gasteiger partial charge < -0.3 is 20.1 Å². The Bertz CT molecular complexity index is 424. The molecule has 0 amide bonds. The van der Waals surface area contributed by atoms with Gasteiger partial charge in [-0.15, -0.1) is 0 Å². The van der Waals surface area contributed by atoms with Crippen LogP contribution in [-0.4, -0.2) is 44.4 Å². The predicted octanol–water partition coefficient (Wildman–Crippen LogP) is 1.31. The van der Waals surface area contributed by atoms with E-state index in [1.165, 1.54) is 6.20 Å². The van der Waals surface area contributed by atoms with Crippen LogP contribution in [0.4, 0.5) is 11.5 Å². The van der Waals surface area contributed by atoms with Gasteiger partial charge in [-0.3, -0.25) is 0 Å². The monoisotopic (exact) mass is 267 g/mol. The molecule has 0 aliphatic carbocycles. The molecule has 0 atom stereocenters. The summed E-state index contributed by atoms with van der Waals surface area (Å²) >= 11 is 0. The molecule has 19 heavy (non-hydrogen) atoms. The minimum atomic E-state index is -0.425. The number of methoxy groups -OCH3 is 1. The number of nitrogens with zero attached hydrogens (tertiary/aromatic N) is 2. The number of aromatic nitrogens is 1. The number of carbonyl (C=O) groups excluding carboxylic acids is 1. The summed E-state index contributed by atoms with van der Waals surface area (Å²) < 4.78 is 10.0. The van der Waals surface area contributed by atoms with Crippen molar-refractivity contribution < 1.29 is 14.3 Å². The van der Waals surface area contributed by atoms with E-state index >= 15 is 0 Å². The molecule has 0 spiro atoms. The fraction of sp³-hybridized carbons (Fsp3) is 0.538. The van der Waals surface area contributed by atoms with Gasteiger partial charge >= 0.3 is 5.97 Å². The molecule has 0 fully saturated rings. The molecule has 6 nitrogen and oxygen atoms in total. The Morgan fingerprint density at radius 2 is 2.21 bits per heavy atom. The van der Waals surface area contributed by atoms with Gasteiger partial charge in [-0.2, -0.15) is 0 Å². The number of rotatable bonds is 7. The summed E-state index contributed by atoms with van der Waals surface area (Å²) in [6.07, 6.45) is 1.48. The van der Waals surface area contributed by atoms with Crippen LogP contribution in [0.3, 0.4) is 0 Å². The van der Waals surface area contributed by atoms with Crippen LogP contribution < -0.4 is 10.6 Å². The van der Waals surface area contributed by atoms with Gasteiger partial charge in [0, 0.05) is 20.2 Å². The SMILES string of the molecule is CCOC(=O)c1cc(N(CC)CCOC)ncc1N. The first kappa shape index (κ1) is 15.2. The molecular formula is C13H21N3O3. The first-order valence-electron chi connectivity index (χ1n) is 6.30. The number of hydrogen-bond donors (Lipinski definition) is 1. The van der Waals surface area contributed by atoms with Gasteiger partial charge in [-0.05, 0) is 19.9 Å². The molecule has 6 heteroatoms. The normalized spacial score (nSPS) is 10.3. The van der Waals surface area contributed by atoms with Crippen molar-refractivity contribution in [3.05, 3.63) is 17.8 Å². The smallest absolute Gasteiger partial charge is 0.340 e. The van der Waals surface area contributed by atoms with Crippen molar-refractivity contribution in [2.45, 2.75) is 13.8 Å². The van der Waals surface area contributed by atoms with E-state index < -0.39 is 5.97 Å². The van der Waals surface area contributed by atoms with E-state index in [0.29, 0.717) is 36.8 Å². The quantitative estimate of drug-likeness (QED) is 0.751. The van der Waals surface area contributed by atoms with Crippen molar-refractivity contribution in [3.63, 3.8) is 0 Å². The summed E-state index contributed by atoms with van der Waals surface area (Å²) in [6.45, 7) is 6.14. The third-order valence-corrected chi connectivity index (χ3v) is 2.69. The van der Waals surface area contributed by atoms with Crippen molar-refractivity contribution in [1.82, 2.24) is 4.98 Å². The van der Waals surface area contributed by atoms with Gasteiger partial charge in [0.05, 0.1) is 30.7 Å². The molecule has 0 unspecified atom stereocenters. The number of nitrogen functional groups attached to an aromatic ring is 1. The summed E-state index contributed by atoms with van der Waals surface area (Å²) in [6, 6.07) is 1.66. The van der Waals surface area contributed by atoms with E-state index in [1.807, 2.05) is 11.8 Å². The van der Waals surface area contributed by atoms with Crippen LogP contribution in [0.1, 0.15) is 24.2 Å². The number of likely N-dealkylation sites (N-methyl/N-ethyl adjacent to an activating group) is 1. The minimum Gasteiger partial charge on any atom is -0.462 e. The lowest BCUT2D eigenvalue weighted by molar-refractivity contribution is 0.0527. The second kappa shape index (κ2) is 7.58. The molecule has 0 aromatic carbocycles. The molecule has 0 aliphatic heterocycles. The van der Waals surface area contributed by atoms with E-state index in [0.717, 1.165) is 6.54 Å². The maximum atomic E-state index is 11.8. The molecule has 0 saturated heterocycles. The van der Waals surface area contributed by atoms with Crippen LogP contribution in [0, 0.1) is 0 Å².